The molecule has 1 unspecified atom stereocenters. The van der Waals surface area contributed by atoms with Crippen LogP contribution in [0.5, 0.6) is 17.2 Å². The van der Waals surface area contributed by atoms with Gasteiger partial charge in [-0.15, -0.1) is 0 Å². The van der Waals surface area contributed by atoms with Gasteiger partial charge in [-0.05, 0) is 58.9 Å². The van der Waals surface area contributed by atoms with Gasteiger partial charge in [0, 0.05) is 30.8 Å². The molecule has 1 aliphatic rings. The minimum Gasteiger partial charge on any atom is -0.495 e. The molecule has 10 heteroatoms. The largest absolute Gasteiger partial charge is 0.495 e. The fourth-order valence-electron chi connectivity index (χ4n) is 5.21. The Kier molecular flexibility index (Phi) is 10.3. The van der Waals surface area contributed by atoms with Gasteiger partial charge in [0.15, 0.2) is 11.5 Å². The summed E-state index contributed by atoms with van der Waals surface area (Å²) in [6, 6.07) is 5.21. The highest BCUT2D eigenvalue weighted by Gasteiger charge is 2.29. The van der Waals surface area contributed by atoms with Crippen molar-refractivity contribution >= 4 is 17.1 Å². The van der Waals surface area contributed by atoms with Crippen molar-refractivity contribution in [3.8, 4) is 17.2 Å². The van der Waals surface area contributed by atoms with Crippen LogP contribution in [0.15, 0.2) is 47.5 Å². The summed E-state index contributed by atoms with van der Waals surface area (Å²) in [6.07, 6.45) is 6.63. The Morgan fingerprint density at radius 2 is 1.84 bits per heavy atom. The van der Waals surface area contributed by atoms with Gasteiger partial charge < -0.3 is 23.5 Å². The van der Waals surface area contributed by atoms with Gasteiger partial charge in [-0.25, -0.2) is 4.79 Å². The molecule has 0 fully saturated rings. The lowest BCUT2D eigenvalue weighted by atomic mass is 9.99. The summed E-state index contributed by atoms with van der Waals surface area (Å²) in [5, 5.41) is 0. The second kappa shape index (κ2) is 13.9. The van der Waals surface area contributed by atoms with Crippen LogP contribution in [0.1, 0.15) is 71.1 Å². The highest BCUT2D eigenvalue weighted by atomic mass is 16.6. The number of hydrogen-bond donors (Lipinski definition) is 0. The van der Waals surface area contributed by atoms with Crippen molar-refractivity contribution in [3.05, 3.63) is 64.4 Å². The van der Waals surface area contributed by atoms with Crippen LogP contribution in [0.25, 0.3) is 11.0 Å². The van der Waals surface area contributed by atoms with E-state index in [9.17, 15) is 9.59 Å². The fourth-order valence-corrected chi connectivity index (χ4v) is 5.21. The predicted octanol–water partition coefficient (Wildman–Crippen LogP) is 6.21. The average molecular weight is 593 g/mol. The number of ether oxygens (including phenoxy) is 4. The van der Waals surface area contributed by atoms with Gasteiger partial charge >= 0.3 is 6.09 Å². The zero-order valence-corrected chi connectivity index (χ0v) is 26.3. The number of aromatic nitrogens is 3. The van der Waals surface area contributed by atoms with E-state index in [1.54, 1.807) is 35.0 Å². The molecule has 0 N–H and O–H groups in total. The summed E-state index contributed by atoms with van der Waals surface area (Å²) >= 11 is 0. The molecule has 43 heavy (non-hydrogen) atoms. The number of pyridine rings is 3. The van der Waals surface area contributed by atoms with Crippen molar-refractivity contribution in [2.45, 2.75) is 91.5 Å². The van der Waals surface area contributed by atoms with Crippen LogP contribution >= 0.6 is 0 Å². The first-order valence-electron chi connectivity index (χ1n) is 14.9. The molecule has 232 valence electrons. The summed E-state index contributed by atoms with van der Waals surface area (Å²) in [5.41, 5.74) is 3.31. The van der Waals surface area contributed by atoms with Crippen LogP contribution < -0.4 is 19.8 Å². The Bertz CT molecular complexity index is 1510. The van der Waals surface area contributed by atoms with E-state index >= 15 is 0 Å². The number of fused-ring (bicyclic) bond motifs is 2. The van der Waals surface area contributed by atoms with E-state index in [1.165, 1.54) is 0 Å². The molecule has 0 saturated heterocycles. The zero-order chi connectivity index (χ0) is 31.1. The lowest BCUT2D eigenvalue weighted by molar-refractivity contribution is 0.0116. The Morgan fingerprint density at radius 1 is 1.09 bits per heavy atom. The second-order valence-electron chi connectivity index (χ2n) is 12.0. The van der Waals surface area contributed by atoms with E-state index < -0.39 is 5.60 Å². The number of amides is 1. The van der Waals surface area contributed by atoms with Gasteiger partial charge in [0.05, 0.1) is 42.8 Å². The molecule has 3 aromatic heterocycles. The summed E-state index contributed by atoms with van der Waals surface area (Å²) in [6.45, 7) is 15.6. The summed E-state index contributed by atoms with van der Waals surface area (Å²) < 4.78 is 24.3. The van der Waals surface area contributed by atoms with Crippen molar-refractivity contribution in [1.82, 2.24) is 19.4 Å². The lowest BCUT2D eigenvalue weighted by Crippen LogP contribution is -2.43. The van der Waals surface area contributed by atoms with E-state index in [2.05, 4.69) is 23.5 Å². The molecule has 0 saturated carbocycles. The maximum absolute atomic E-state index is 13.5. The molecule has 0 bridgehead atoms. The summed E-state index contributed by atoms with van der Waals surface area (Å²) in [5.74, 6) is 1.84. The van der Waals surface area contributed by atoms with Crippen LogP contribution in [0, 0.1) is 6.92 Å². The average Bonchev–Trinajstić information content (AvgIpc) is 2.96. The second-order valence-corrected chi connectivity index (χ2v) is 12.0. The predicted molar refractivity (Wildman–Crippen MR) is 166 cm³/mol. The molecule has 3 aromatic rings. The van der Waals surface area contributed by atoms with Gasteiger partial charge in [0.2, 0.25) is 0 Å². The molecule has 0 aromatic carbocycles. The van der Waals surface area contributed by atoms with E-state index in [-0.39, 0.29) is 24.2 Å². The molecule has 4 rings (SSSR count). The first-order valence-corrected chi connectivity index (χ1v) is 14.9. The summed E-state index contributed by atoms with van der Waals surface area (Å²) in [7, 11) is 1.58. The molecule has 0 radical (unpaired) electrons. The minimum absolute atomic E-state index is 0.0836. The minimum atomic E-state index is -0.641. The normalized spacial score (nSPS) is 13.4. The molecular weight excluding hydrogens is 548 g/mol. The molecule has 0 spiro atoms. The molecule has 1 amide bonds. The van der Waals surface area contributed by atoms with Crippen molar-refractivity contribution in [2.75, 3.05) is 20.3 Å². The fraction of sp³-hybridized carbons (Fsp3) is 0.515. The first-order chi connectivity index (χ1) is 20.5. The van der Waals surface area contributed by atoms with Gasteiger partial charge in [0.25, 0.3) is 5.56 Å². The monoisotopic (exact) mass is 592 g/mol. The van der Waals surface area contributed by atoms with Crippen LogP contribution in [0.4, 0.5) is 4.79 Å². The maximum atomic E-state index is 13.5. The standard InChI is InChI=1S/C33H44N4O6/c1-8-9-25(37(32(39)43-33(4,5)6)21-24-17-28-29(20-34-24)42-15-14-41-28)11-10-22(2)12-13-36-27-18-26(40-7)19-35-31(27)23(3)16-30(36)38/h16-20,25H,2,8-15,21H2,1,3-7H3. The van der Waals surface area contributed by atoms with Crippen LogP contribution in [-0.2, 0) is 17.8 Å². The SMILES string of the molecule is C=C(CCC(CCC)N(Cc1cc2c(cn1)OCCO2)C(=O)OC(C)(C)C)CCn1c(=O)cc(C)c2ncc(OC)cc21. The van der Waals surface area contributed by atoms with Crippen molar-refractivity contribution in [2.24, 2.45) is 0 Å². The van der Waals surface area contributed by atoms with Gasteiger partial charge in [-0.2, -0.15) is 0 Å². The zero-order valence-electron chi connectivity index (χ0n) is 26.3. The molecule has 1 atom stereocenters. The number of rotatable bonds is 12. The van der Waals surface area contributed by atoms with E-state index in [1.807, 2.05) is 39.8 Å². The smallest absolute Gasteiger partial charge is 0.410 e. The Hall–Kier alpha value is -4.08. The number of carbonyl (C=O) groups excluding carboxylic acids is 1. The highest BCUT2D eigenvalue weighted by Crippen LogP contribution is 2.31. The van der Waals surface area contributed by atoms with Crippen LogP contribution in [0.2, 0.25) is 0 Å². The van der Waals surface area contributed by atoms with Crippen molar-refractivity contribution < 1.29 is 23.7 Å². The number of aryl methyl sites for hydroxylation is 2. The number of allylic oxidation sites excluding steroid dienone is 1. The van der Waals surface area contributed by atoms with E-state index in [4.69, 9.17) is 18.9 Å². The third kappa shape index (κ3) is 8.27. The quantitative estimate of drug-likeness (QED) is 0.229. The Balaban J connectivity index is 1.49. The lowest BCUT2D eigenvalue weighted by Gasteiger charge is -2.34. The van der Waals surface area contributed by atoms with Gasteiger partial charge in [-0.3, -0.25) is 19.7 Å². The van der Waals surface area contributed by atoms with Crippen LogP contribution in [-0.4, -0.2) is 57.5 Å². The molecular formula is C33H44N4O6. The van der Waals surface area contributed by atoms with Crippen molar-refractivity contribution in [3.63, 3.8) is 0 Å². The van der Waals surface area contributed by atoms with Crippen molar-refractivity contribution in [1.29, 1.82) is 0 Å². The third-order valence-corrected chi connectivity index (χ3v) is 7.38. The molecule has 0 aliphatic carbocycles. The first kappa shape index (κ1) is 31.8. The Morgan fingerprint density at radius 3 is 2.53 bits per heavy atom. The number of methoxy groups -OCH3 is 1. The van der Waals surface area contributed by atoms with Crippen LogP contribution in [0.3, 0.4) is 0 Å². The van der Waals surface area contributed by atoms with Gasteiger partial charge in [-0.1, -0.05) is 25.5 Å². The third-order valence-electron chi connectivity index (χ3n) is 7.38. The van der Waals surface area contributed by atoms with E-state index in [0.29, 0.717) is 62.0 Å². The van der Waals surface area contributed by atoms with E-state index in [0.717, 1.165) is 35.0 Å². The number of carbonyl (C=O) groups is 1. The Labute approximate surface area is 253 Å². The van der Waals surface area contributed by atoms with Gasteiger partial charge in [0.1, 0.15) is 24.6 Å². The summed E-state index contributed by atoms with van der Waals surface area (Å²) in [4.78, 5) is 37.3. The molecule has 4 heterocycles. The number of nitrogens with zero attached hydrogens (tertiary/aromatic N) is 4. The highest BCUT2D eigenvalue weighted by molar-refractivity contribution is 5.79. The topological polar surface area (TPSA) is 105 Å². The molecule has 10 nitrogen and oxygen atoms in total. The maximum Gasteiger partial charge on any atom is 0.410 e. The number of hydrogen-bond acceptors (Lipinski definition) is 8. The molecule has 1 aliphatic heterocycles.